The Morgan fingerprint density at radius 3 is 2.76 bits per heavy atom. The normalized spacial score (nSPS) is 11.9. The van der Waals surface area contributed by atoms with Gasteiger partial charge in [-0.3, -0.25) is 4.79 Å². The molecule has 1 aromatic carbocycles. The fourth-order valence-electron chi connectivity index (χ4n) is 1.40. The second kappa shape index (κ2) is 6.00. The lowest BCUT2D eigenvalue weighted by Gasteiger charge is -2.14. The molecule has 0 aromatic heterocycles. The Morgan fingerprint density at radius 2 is 2.24 bits per heavy atom. The van der Waals surface area contributed by atoms with Crippen LogP contribution in [0.3, 0.4) is 0 Å². The molecule has 90 valence electrons. The number of hydrogen-bond donors (Lipinski definition) is 1. The van der Waals surface area contributed by atoms with E-state index < -0.39 is 6.04 Å². The fourth-order valence-corrected chi connectivity index (χ4v) is 1.40. The number of nitrogens with one attached hydrogen (secondary N) is 1. The summed E-state index contributed by atoms with van der Waals surface area (Å²) in [5.41, 5.74) is 0.600. The number of benzene rings is 1. The lowest BCUT2D eigenvalue weighted by Crippen LogP contribution is -2.38. The number of rotatable bonds is 4. The second-order valence-electron chi connectivity index (χ2n) is 4.22. The summed E-state index contributed by atoms with van der Waals surface area (Å²) in [5, 5.41) is 11.4. The Morgan fingerprint density at radius 1 is 1.53 bits per heavy atom. The van der Waals surface area contributed by atoms with Crippen LogP contribution >= 0.6 is 0 Å². The van der Waals surface area contributed by atoms with E-state index in [1.807, 2.05) is 19.9 Å². The highest BCUT2D eigenvalue weighted by atomic mass is 19.1. The standard InChI is InChI=1S/C13H15FN2O/c1-9(2)12(8-15)16-13(17)7-10-4-3-5-11(14)6-10/h3-6,9,12H,7H2,1-2H3,(H,16,17). The van der Waals surface area contributed by atoms with Crippen molar-refractivity contribution in [3.63, 3.8) is 0 Å². The molecule has 0 heterocycles. The van der Waals surface area contributed by atoms with Gasteiger partial charge in [0.15, 0.2) is 0 Å². The molecule has 4 heteroatoms. The number of carbonyl (C=O) groups is 1. The summed E-state index contributed by atoms with van der Waals surface area (Å²) in [6.07, 6.45) is 0.0860. The first-order valence-electron chi connectivity index (χ1n) is 5.46. The van der Waals surface area contributed by atoms with Crippen molar-refractivity contribution in [1.82, 2.24) is 5.32 Å². The number of hydrogen-bond acceptors (Lipinski definition) is 2. The molecule has 1 N–H and O–H groups in total. The molecule has 0 spiro atoms. The third-order valence-corrected chi connectivity index (χ3v) is 2.38. The first kappa shape index (κ1) is 13.2. The topological polar surface area (TPSA) is 52.9 Å². The zero-order valence-electron chi connectivity index (χ0n) is 9.90. The quantitative estimate of drug-likeness (QED) is 0.866. The van der Waals surface area contributed by atoms with Crippen LogP contribution in [-0.2, 0) is 11.2 Å². The molecule has 1 aromatic rings. The van der Waals surface area contributed by atoms with Gasteiger partial charge in [-0.1, -0.05) is 26.0 Å². The third kappa shape index (κ3) is 4.23. The molecule has 1 unspecified atom stereocenters. The van der Waals surface area contributed by atoms with Gasteiger partial charge < -0.3 is 5.32 Å². The van der Waals surface area contributed by atoms with Crippen LogP contribution < -0.4 is 5.32 Å². The molecule has 0 saturated heterocycles. The van der Waals surface area contributed by atoms with Gasteiger partial charge in [0.1, 0.15) is 11.9 Å². The van der Waals surface area contributed by atoms with Gasteiger partial charge >= 0.3 is 0 Å². The predicted octanol–water partition coefficient (Wildman–Crippen LogP) is 2.03. The molecule has 3 nitrogen and oxygen atoms in total. The van der Waals surface area contributed by atoms with Crippen LogP contribution in [0, 0.1) is 23.1 Å². The number of carbonyl (C=O) groups excluding carboxylic acids is 1. The number of halogens is 1. The van der Waals surface area contributed by atoms with Crippen molar-refractivity contribution >= 4 is 5.91 Å². The summed E-state index contributed by atoms with van der Waals surface area (Å²) in [4.78, 5) is 11.6. The van der Waals surface area contributed by atoms with Crippen LogP contribution in [-0.4, -0.2) is 11.9 Å². The van der Waals surface area contributed by atoms with Gasteiger partial charge in [-0.15, -0.1) is 0 Å². The van der Waals surface area contributed by atoms with E-state index in [1.54, 1.807) is 12.1 Å². The van der Waals surface area contributed by atoms with Crippen LogP contribution in [0.1, 0.15) is 19.4 Å². The van der Waals surface area contributed by atoms with Crippen molar-refractivity contribution in [1.29, 1.82) is 5.26 Å². The van der Waals surface area contributed by atoms with Gasteiger partial charge in [0.25, 0.3) is 0 Å². The smallest absolute Gasteiger partial charge is 0.225 e. The Balaban J connectivity index is 2.59. The molecule has 0 aliphatic heterocycles. The molecule has 0 aliphatic carbocycles. The van der Waals surface area contributed by atoms with E-state index in [9.17, 15) is 9.18 Å². The van der Waals surface area contributed by atoms with Gasteiger partial charge in [-0.25, -0.2) is 4.39 Å². The largest absolute Gasteiger partial charge is 0.340 e. The monoisotopic (exact) mass is 234 g/mol. The fraction of sp³-hybridized carbons (Fsp3) is 0.385. The average Bonchev–Trinajstić information content (AvgIpc) is 2.25. The first-order chi connectivity index (χ1) is 8.02. The summed E-state index contributed by atoms with van der Waals surface area (Å²) in [6, 6.07) is 7.40. The Kier molecular flexibility index (Phi) is 4.65. The van der Waals surface area contributed by atoms with Crippen molar-refractivity contribution in [2.45, 2.75) is 26.3 Å². The molecule has 0 saturated carbocycles. The number of nitriles is 1. The molecule has 0 fully saturated rings. The van der Waals surface area contributed by atoms with Gasteiger partial charge in [0.05, 0.1) is 12.5 Å². The first-order valence-corrected chi connectivity index (χ1v) is 5.46. The molecule has 1 amide bonds. The second-order valence-corrected chi connectivity index (χ2v) is 4.22. The lowest BCUT2D eigenvalue weighted by molar-refractivity contribution is -0.121. The predicted molar refractivity (Wildman–Crippen MR) is 62.5 cm³/mol. The number of amides is 1. The Hall–Kier alpha value is -1.89. The van der Waals surface area contributed by atoms with E-state index >= 15 is 0 Å². The molecule has 0 radical (unpaired) electrons. The van der Waals surface area contributed by atoms with Crippen LogP contribution in [0.5, 0.6) is 0 Å². The molecule has 1 atom stereocenters. The minimum absolute atomic E-state index is 0.0523. The van der Waals surface area contributed by atoms with E-state index in [0.29, 0.717) is 5.56 Å². The molecular formula is C13H15FN2O. The molecular weight excluding hydrogens is 219 g/mol. The lowest BCUT2D eigenvalue weighted by atomic mass is 10.1. The highest BCUT2D eigenvalue weighted by Gasteiger charge is 2.15. The van der Waals surface area contributed by atoms with E-state index in [0.717, 1.165) is 0 Å². The van der Waals surface area contributed by atoms with Crippen molar-refractivity contribution in [3.8, 4) is 6.07 Å². The van der Waals surface area contributed by atoms with Crippen LogP contribution in [0.2, 0.25) is 0 Å². The van der Waals surface area contributed by atoms with E-state index in [1.165, 1.54) is 12.1 Å². The van der Waals surface area contributed by atoms with E-state index in [4.69, 9.17) is 5.26 Å². The van der Waals surface area contributed by atoms with Gasteiger partial charge in [0.2, 0.25) is 5.91 Å². The molecule has 0 aliphatic rings. The summed E-state index contributed by atoms with van der Waals surface area (Å²) >= 11 is 0. The summed E-state index contributed by atoms with van der Waals surface area (Å²) < 4.78 is 12.9. The maximum absolute atomic E-state index is 12.9. The Bertz CT molecular complexity index is 437. The zero-order chi connectivity index (χ0) is 12.8. The summed E-state index contributed by atoms with van der Waals surface area (Å²) in [5.74, 6) is -0.580. The molecule has 0 bridgehead atoms. The van der Waals surface area contributed by atoms with Gasteiger partial charge in [-0.05, 0) is 23.6 Å². The van der Waals surface area contributed by atoms with Crippen molar-refractivity contribution in [2.24, 2.45) is 5.92 Å². The summed E-state index contributed by atoms with van der Waals surface area (Å²) in [6.45, 7) is 3.71. The average molecular weight is 234 g/mol. The van der Waals surface area contributed by atoms with Gasteiger partial charge in [-0.2, -0.15) is 5.26 Å². The van der Waals surface area contributed by atoms with Gasteiger partial charge in [0, 0.05) is 0 Å². The van der Waals surface area contributed by atoms with Crippen molar-refractivity contribution in [2.75, 3.05) is 0 Å². The minimum Gasteiger partial charge on any atom is -0.340 e. The minimum atomic E-state index is -0.504. The maximum atomic E-state index is 12.9. The van der Waals surface area contributed by atoms with Crippen molar-refractivity contribution in [3.05, 3.63) is 35.6 Å². The zero-order valence-corrected chi connectivity index (χ0v) is 9.90. The maximum Gasteiger partial charge on any atom is 0.225 e. The van der Waals surface area contributed by atoms with Crippen LogP contribution in [0.25, 0.3) is 0 Å². The summed E-state index contributed by atoms with van der Waals surface area (Å²) in [7, 11) is 0. The van der Waals surface area contributed by atoms with E-state index in [-0.39, 0.29) is 24.1 Å². The van der Waals surface area contributed by atoms with Crippen molar-refractivity contribution < 1.29 is 9.18 Å². The van der Waals surface area contributed by atoms with Crippen LogP contribution in [0.4, 0.5) is 4.39 Å². The van der Waals surface area contributed by atoms with Crippen LogP contribution in [0.15, 0.2) is 24.3 Å². The SMILES string of the molecule is CC(C)C(C#N)NC(=O)Cc1cccc(F)c1. The molecule has 1 rings (SSSR count). The third-order valence-electron chi connectivity index (χ3n) is 2.38. The number of nitrogens with zero attached hydrogens (tertiary/aromatic N) is 1. The molecule has 17 heavy (non-hydrogen) atoms. The Labute approximate surface area is 100 Å². The highest BCUT2D eigenvalue weighted by molar-refractivity contribution is 5.79. The van der Waals surface area contributed by atoms with E-state index in [2.05, 4.69) is 5.32 Å². The highest BCUT2D eigenvalue weighted by Crippen LogP contribution is 2.05.